The zero-order valence-electron chi connectivity index (χ0n) is 20.2. The lowest BCUT2D eigenvalue weighted by Crippen LogP contribution is -3.09. The number of carbonyl (C=O) groups excluding carboxylic acids is 1. The van der Waals surface area contributed by atoms with Gasteiger partial charge in [-0.05, 0) is 23.3 Å². The molecule has 0 aliphatic heterocycles. The molecule has 8 heteroatoms. The number of nitrogens with zero attached hydrogens (tertiary/aromatic N) is 1. The number of rotatable bonds is 10. The molecule has 1 heterocycles. The smallest absolute Gasteiger partial charge is 0.345 e. The second kappa shape index (κ2) is 14.4. The van der Waals surface area contributed by atoms with Crippen LogP contribution < -0.4 is 40.3 Å². The molecule has 0 aliphatic carbocycles. The number of nitrogens with one attached hydrogen (secondary N) is 2. The van der Waals surface area contributed by atoms with Crippen LogP contribution in [0.3, 0.4) is 0 Å². The van der Waals surface area contributed by atoms with Crippen molar-refractivity contribution < 1.29 is 44.2 Å². The molecule has 0 radical (unpaired) electrons. The molecule has 0 saturated carbocycles. The fraction of sp³-hybridized carbons (Fsp3) is 0.250. The molecule has 190 valence electrons. The topological polar surface area (TPSA) is 66.9 Å². The molecular formula is C28H31Cl2N3O3. The Kier molecular flexibility index (Phi) is 11.6. The number of aryl methyl sites for hydroxylation is 1. The number of H-pyrrole nitrogens is 1. The Morgan fingerprint density at radius 1 is 0.889 bits per heavy atom. The number of likely N-dealkylation sites (N-methyl/N-ethyl adjacent to an activating group) is 1. The van der Waals surface area contributed by atoms with E-state index in [4.69, 9.17) is 4.74 Å². The highest BCUT2D eigenvalue weighted by Gasteiger charge is 2.24. The number of aromatic nitrogens is 2. The van der Waals surface area contributed by atoms with Gasteiger partial charge >= 0.3 is 11.5 Å². The number of halogens is 2. The molecule has 0 fully saturated rings. The van der Waals surface area contributed by atoms with Crippen molar-refractivity contribution in [1.29, 1.82) is 0 Å². The van der Waals surface area contributed by atoms with Crippen LogP contribution >= 0.6 is 0 Å². The van der Waals surface area contributed by atoms with Crippen molar-refractivity contribution in [2.75, 3.05) is 26.7 Å². The molecule has 3 aromatic carbocycles. The Morgan fingerprint density at radius 2 is 1.47 bits per heavy atom. The summed E-state index contributed by atoms with van der Waals surface area (Å²) in [5.74, 6) is -0.665. The zero-order chi connectivity index (χ0) is 23.8. The van der Waals surface area contributed by atoms with Gasteiger partial charge in [-0.2, -0.15) is 4.57 Å². The van der Waals surface area contributed by atoms with Crippen LogP contribution in [0.5, 0.6) is 0 Å². The summed E-state index contributed by atoms with van der Waals surface area (Å²) in [6, 6.07) is 27.0. The number of carbonyl (C=O) groups is 1. The highest BCUT2D eigenvalue weighted by molar-refractivity contribution is 5.82. The van der Waals surface area contributed by atoms with Crippen LogP contribution in [0.2, 0.25) is 0 Å². The lowest BCUT2D eigenvalue weighted by Gasteiger charge is -2.18. The van der Waals surface area contributed by atoms with Crippen molar-refractivity contribution in [2.24, 2.45) is 0 Å². The largest absolute Gasteiger partial charge is 1.00 e. The Morgan fingerprint density at radius 3 is 2.11 bits per heavy atom. The zero-order valence-corrected chi connectivity index (χ0v) is 21.7. The summed E-state index contributed by atoms with van der Waals surface area (Å²) in [6.45, 7) is 2.57. The van der Waals surface area contributed by atoms with E-state index in [9.17, 15) is 9.59 Å². The molecule has 6 nitrogen and oxygen atoms in total. The molecule has 0 bridgehead atoms. The minimum atomic E-state index is -0.432. The molecule has 4 aromatic rings. The predicted molar refractivity (Wildman–Crippen MR) is 132 cm³/mol. The number of ether oxygens (including phenoxy) is 1. The summed E-state index contributed by atoms with van der Waals surface area (Å²) >= 11 is 0. The maximum Gasteiger partial charge on any atom is 0.345 e. The maximum atomic E-state index is 13.0. The first-order valence-electron chi connectivity index (χ1n) is 11.7. The van der Waals surface area contributed by atoms with Crippen LogP contribution in [0.25, 0.3) is 10.9 Å². The monoisotopic (exact) mass is 527 g/mol. The molecular weight excluding hydrogens is 497 g/mol. The number of quaternary nitrogens is 1. The van der Waals surface area contributed by atoms with E-state index < -0.39 is 5.92 Å². The van der Waals surface area contributed by atoms with E-state index in [-0.39, 0.29) is 36.3 Å². The summed E-state index contributed by atoms with van der Waals surface area (Å²) in [5, 5.41) is 0.698. The van der Waals surface area contributed by atoms with Crippen molar-refractivity contribution in [1.82, 2.24) is 4.57 Å². The van der Waals surface area contributed by atoms with E-state index in [0.717, 1.165) is 29.6 Å². The molecule has 2 N–H and O–H groups in total. The fourth-order valence-corrected chi connectivity index (χ4v) is 4.16. The average molecular weight is 528 g/mol. The third-order valence-electron chi connectivity index (χ3n) is 6.07. The van der Waals surface area contributed by atoms with Gasteiger partial charge in [0.05, 0.1) is 20.1 Å². The van der Waals surface area contributed by atoms with E-state index in [2.05, 4.69) is 12.0 Å². The number of esters is 1. The lowest BCUT2D eigenvalue weighted by molar-refractivity contribution is -0.880. The summed E-state index contributed by atoms with van der Waals surface area (Å²) in [5.41, 5.74) is 2.72. The predicted octanol–water partition coefficient (Wildman–Crippen LogP) is -3.90. The van der Waals surface area contributed by atoms with Crippen LogP contribution in [-0.4, -0.2) is 37.3 Å². The number of hydrogen-bond acceptors (Lipinski definition) is 3. The van der Waals surface area contributed by atoms with Crippen molar-refractivity contribution in [3.8, 4) is 0 Å². The first-order valence-corrected chi connectivity index (χ1v) is 11.7. The Labute approximate surface area is 223 Å². The van der Waals surface area contributed by atoms with Gasteiger partial charge in [0.15, 0.2) is 0 Å². The second-order valence-electron chi connectivity index (χ2n) is 8.55. The minimum Gasteiger partial charge on any atom is -1.00 e. The van der Waals surface area contributed by atoms with E-state index in [1.807, 2.05) is 84.9 Å². The fourth-order valence-electron chi connectivity index (χ4n) is 4.16. The maximum absolute atomic E-state index is 13.0. The minimum absolute atomic E-state index is 0. The van der Waals surface area contributed by atoms with Gasteiger partial charge in [-0.25, -0.2) is 9.78 Å². The summed E-state index contributed by atoms with van der Waals surface area (Å²) in [6.07, 6.45) is 2.59. The molecule has 0 saturated heterocycles. The highest BCUT2D eigenvalue weighted by Crippen LogP contribution is 2.25. The number of fused-ring (bicyclic) bond motifs is 1. The molecule has 1 unspecified atom stereocenters. The van der Waals surface area contributed by atoms with Crippen molar-refractivity contribution >= 4 is 16.9 Å². The van der Waals surface area contributed by atoms with Gasteiger partial charge in [0.2, 0.25) is 6.33 Å². The second-order valence-corrected chi connectivity index (χ2v) is 8.55. The average Bonchev–Trinajstić information content (AvgIpc) is 2.87. The van der Waals surface area contributed by atoms with Crippen LogP contribution in [0, 0.1) is 0 Å². The third-order valence-corrected chi connectivity index (χ3v) is 6.07. The number of para-hydroxylation sites is 1. The molecule has 0 spiro atoms. The molecule has 0 aliphatic rings. The van der Waals surface area contributed by atoms with Gasteiger partial charge in [-0.1, -0.05) is 72.8 Å². The van der Waals surface area contributed by atoms with Crippen molar-refractivity contribution in [3.05, 3.63) is 113 Å². The Balaban J connectivity index is 0.00000228. The van der Waals surface area contributed by atoms with Gasteiger partial charge in [0.1, 0.15) is 30.0 Å². The summed E-state index contributed by atoms with van der Waals surface area (Å²) < 4.78 is 7.42. The molecule has 36 heavy (non-hydrogen) atoms. The number of aromatic amines is 1. The van der Waals surface area contributed by atoms with Gasteiger partial charge < -0.3 is 34.5 Å². The standard InChI is InChI=1S/C28H29N3O3.2ClH/c1-30(17-10-18-31-21-29-25-16-9-8-15-24(25)27(31)32)19-20-34-28(33)26(22-11-4-2-5-12-22)23-13-6-3-7-14-23;;/h2-9,11-16,21,26H,10,17-20H2,1H3;2*1H. The highest BCUT2D eigenvalue weighted by atomic mass is 35.5. The van der Waals surface area contributed by atoms with Gasteiger partial charge in [0.25, 0.3) is 0 Å². The van der Waals surface area contributed by atoms with E-state index in [1.165, 1.54) is 4.90 Å². The number of hydrogen-bond donors (Lipinski definition) is 1. The van der Waals surface area contributed by atoms with Crippen LogP contribution in [0.15, 0.2) is 96.1 Å². The molecule has 1 aromatic heterocycles. The van der Waals surface area contributed by atoms with Crippen LogP contribution in [0.1, 0.15) is 23.5 Å². The number of benzene rings is 3. The Hall–Kier alpha value is -3.19. The quantitative estimate of drug-likeness (QED) is 0.214. The van der Waals surface area contributed by atoms with Gasteiger partial charge in [0, 0.05) is 6.42 Å². The van der Waals surface area contributed by atoms with Crippen molar-refractivity contribution in [3.63, 3.8) is 0 Å². The van der Waals surface area contributed by atoms with Gasteiger partial charge in [-0.3, -0.25) is 4.79 Å². The van der Waals surface area contributed by atoms with E-state index in [0.29, 0.717) is 25.1 Å². The van der Waals surface area contributed by atoms with Crippen LogP contribution in [0.4, 0.5) is 0 Å². The van der Waals surface area contributed by atoms with E-state index in [1.54, 1.807) is 10.9 Å². The first kappa shape index (κ1) is 29.0. The Bertz CT molecular complexity index is 1240. The van der Waals surface area contributed by atoms with Crippen molar-refractivity contribution in [2.45, 2.75) is 18.9 Å². The molecule has 0 amide bonds. The first-order chi connectivity index (χ1) is 16.6. The van der Waals surface area contributed by atoms with Gasteiger partial charge in [-0.15, -0.1) is 0 Å². The molecule has 1 atom stereocenters. The summed E-state index contributed by atoms with van der Waals surface area (Å²) in [4.78, 5) is 30.1. The van der Waals surface area contributed by atoms with E-state index >= 15 is 0 Å². The normalized spacial score (nSPS) is 11.4. The lowest BCUT2D eigenvalue weighted by atomic mass is 9.91. The molecule has 4 rings (SSSR count). The SMILES string of the molecule is C[NH+](CCCn1c[nH+]c2ccccc2c1=O)CCOC(=O)C(c1ccccc1)c1ccccc1.[Cl-].[Cl-]. The summed E-state index contributed by atoms with van der Waals surface area (Å²) in [7, 11) is 2.08. The third kappa shape index (κ3) is 7.40. The van der Waals surface area contributed by atoms with Crippen LogP contribution in [-0.2, 0) is 16.1 Å².